The van der Waals surface area contributed by atoms with Crippen LogP contribution in [0.1, 0.15) is 12.0 Å². The molecule has 1 rings (SSSR count). The largest absolute Gasteiger partial charge is 0.334 e. The lowest BCUT2D eigenvalue weighted by atomic mass is 10.3. The fraction of sp³-hybridized carbons (Fsp3) is 0.167. The van der Waals surface area contributed by atoms with Crippen molar-refractivity contribution in [1.82, 2.24) is 4.98 Å². The number of nitro groups is 1. The maximum Gasteiger partial charge on any atom is 0.334 e. The van der Waals surface area contributed by atoms with Gasteiger partial charge in [-0.05, 0) is 0 Å². The summed E-state index contributed by atoms with van der Waals surface area (Å²) in [6.07, 6.45) is -3.33. The number of nitrogens with zero attached hydrogens (tertiary/aromatic N) is 1. The third kappa shape index (κ3) is 2.62. The molecule has 0 radical (unpaired) electrons. The summed E-state index contributed by atoms with van der Waals surface area (Å²) in [6.45, 7) is 0. The standard InChI is InChI=1S/C6H5F2N3O5S/c7-4(8)2-1-3(11(13)14)5(12)10-6(2)17(9,15)16/h1,4H,(H,10,12)(H2,9,15,16). The number of nitrogens with two attached hydrogens (primary N) is 1. The topological polar surface area (TPSA) is 136 Å². The number of alkyl halides is 2. The molecule has 1 heterocycles. The average molecular weight is 269 g/mol. The van der Waals surface area contributed by atoms with E-state index in [4.69, 9.17) is 0 Å². The summed E-state index contributed by atoms with van der Waals surface area (Å²) in [5.41, 5.74) is -3.84. The van der Waals surface area contributed by atoms with E-state index in [1.807, 2.05) is 0 Å². The summed E-state index contributed by atoms with van der Waals surface area (Å²) < 4.78 is 46.7. The van der Waals surface area contributed by atoms with Gasteiger partial charge < -0.3 is 4.98 Å². The summed E-state index contributed by atoms with van der Waals surface area (Å²) in [5, 5.41) is 13.7. The van der Waals surface area contributed by atoms with Crippen LogP contribution in [-0.2, 0) is 10.0 Å². The van der Waals surface area contributed by atoms with Gasteiger partial charge in [-0.3, -0.25) is 14.9 Å². The Labute approximate surface area is 92.3 Å². The number of rotatable bonds is 3. The zero-order valence-electron chi connectivity index (χ0n) is 7.88. The summed E-state index contributed by atoms with van der Waals surface area (Å²) in [7, 11) is -4.60. The van der Waals surface area contributed by atoms with Crippen molar-refractivity contribution in [3.63, 3.8) is 0 Å². The average Bonchev–Trinajstić information content (AvgIpc) is 2.14. The van der Waals surface area contributed by atoms with Crippen LogP contribution in [0.3, 0.4) is 0 Å². The van der Waals surface area contributed by atoms with Gasteiger partial charge in [0.2, 0.25) is 0 Å². The van der Waals surface area contributed by atoms with Gasteiger partial charge in [-0.2, -0.15) is 0 Å². The molecule has 0 aliphatic carbocycles. The van der Waals surface area contributed by atoms with Crippen LogP contribution in [0, 0.1) is 10.1 Å². The number of sulfonamides is 1. The number of nitrogens with one attached hydrogen (secondary N) is 1. The Kier molecular flexibility index (Phi) is 3.24. The Balaban J connectivity index is 3.71. The molecule has 0 bridgehead atoms. The van der Waals surface area contributed by atoms with E-state index in [2.05, 4.69) is 5.14 Å². The third-order valence-electron chi connectivity index (χ3n) is 1.73. The molecule has 0 aliphatic heterocycles. The predicted octanol–water partition coefficient (Wildman–Crippen LogP) is -0.132. The second-order valence-corrected chi connectivity index (χ2v) is 4.37. The van der Waals surface area contributed by atoms with Gasteiger partial charge in [0.05, 0.1) is 10.5 Å². The molecule has 0 saturated carbocycles. The number of hydrogen-bond acceptors (Lipinski definition) is 5. The Morgan fingerprint density at radius 1 is 1.47 bits per heavy atom. The maximum absolute atomic E-state index is 12.5. The molecular weight excluding hydrogens is 264 g/mol. The molecule has 0 spiro atoms. The second-order valence-electron chi connectivity index (χ2n) is 2.87. The van der Waals surface area contributed by atoms with Crippen molar-refractivity contribution in [2.45, 2.75) is 11.5 Å². The minimum atomic E-state index is -4.60. The summed E-state index contributed by atoms with van der Waals surface area (Å²) >= 11 is 0. The number of primary sulfonamides is 1. The number of halogens is 2. The van der Waals surface area contributed by atoms with Crippen molar-refractivity contribution in [3.05, 3.63) is 32.1 Å². The molecule has 0 aromatic carbocycles. The van der Waals surface area contributed by atoms with E-state index >= 15 is 0 Å². The van der Waals surface area contributed by atoms with E-state index in [-0.39, 0.29) is 6.07 Å². The molecule has 0 atom stereocenters. The van der Waals surface area contributed by atoms with Crippen LogP contribution >= 0.6 is 0 Å². The van der Waals surface area contributed by atoms with Crippen molar-refractivity contribution in [1.29, 1.82) is 0 Å². The minimum absolute atomic E-state index is 0.184. The first-order valence-electron chi connectivity index (χ1n) is 3.87. The Morgan fingerprint density at radius 2 is 2.00 bits per heavy atom. The van der Waals surface area contributed by atoms with Crippen LogP contribution in [0.5, 0.6) is 0 Å². The van der Waals surface area contributed by atoms with Gasteiger partial charge in [0.25, 0.3) is 16.4 Å². The van der Waals surface area contributed by atoms with Crippen molar-refractivity contribution in [3.8, 4) is 0 Å². The molecule has 11 heteroatoms. The first-order valence-corrected chi connectivity index (χ1v) is 5.41. The van der Waals surface area contributed by atoms with Gasteiger partial charge in [-0.15, -0.1) is 0 Å². The number of hydrogen-bond donors (Lipinski definition) is 2. The van der Waals surface area contributed by atoms with Crippen molar-refractivity contribution in [2.24, 2.45) is 5.14 Å². The summed E-state index contributed by atoms with van der Waals surface area (Å²) in [6, 6.07) is 0.184. The first kappa shape index (κ1) is 13.2. The third-order valence-corrected chi connectivity index (χ3v) is 2.64. The van der Waals surface area contributed by atoms with E-state index in [9.17, 15) is 32.1 Å². The highest BCUT2D eigenvalue weighted by Crippen LogP contribution is 2.25. The Hall–Kier alpha value is -1.88. The smallest absolute Gasteiger partial charge is 0.306 e. The highest BCUT2D eigenvalue weighted by atomic mass is 32.2. The second kappa shape index (κ2) is 4.18. The van der Waals surface area contributed by atoms with Gasteiger partial charge in [-0.1, -0.05) is 0 Å². The number of pyridine rings is 1. The van der Waals surface area contributed by atoms with Gasteiger partial charge in [0.1, 0.15) is 0 Å². The number of aromatic amines is 1. The van der Waals surface area contributed by atoms with Crippen LogP contribution in [0.4, 0.5) is 14.5 Å². The van der Waals surface area contributed by atoms with Crippen molar-refractivity contribution in [2.75, 3.05) is 0 Å². The highest BCUT2D eigenvalue weighted by molar-refractivity contribution is 7.89. The molecular formula is C6H5F2N3O5S. The van der Waals surface area contributed by atoms with E-state index in [0.717, 1.165) is 0 Å². The summed E-state index contributed by atoms with van der Waals surface area (Å²) in [5.74, 6) is 0. The Bertz CT molecular complexity index is 623. The predicted molar refractivity (Wildman–Crippen MR) is 50.0 cm³/mol. The normalized spacial score (nSPS) is 11.8. The van der Waals surface area contributed by atoms with Crippen LogP contribution < -0.4 is 10.7 Å². The fourth-order valence-electron chi connectivity index (χ4n) is 1.05. The zero-order chi connectivity index (χ0) is 13.4. The van der Waals surface area contributed by atoms with Crippen LogP contribution in [0.15, 0.2) is 15.9 Å². The van der Waals surface area contributed by atoms with E-state index in [1.54, 1.807) is 0 Å². The number of aromatic nitrogens is 1. The maximum atomic E-state index is 12.5. The minimum Gasteiger partial charge on any atom is -0.306 e. The molecule has 1 aromatic rings. The van der Waals surface area contributed by atoms with Crippen LogP contribution in [0.25, 0.3) is 0 Å². The van der Waals surface area contributed by atoms with E-state index in [1.165, 1.54) is 4.98 Å². The van der Waals surface area contributed by atoms with Crippen molar-refractivity contribution < 1.29 is 22.1 Å². The Morgan fingerprint density at radius 3 is 2.35 bits per heavy atom. The SMILES string of the molecule is NS(=O)(=O)c1[nH]c(=O)c([N+](=O)[O-])cc1C(F)F. The number of H-pyrrole nitrogens is 1. The first-order chi connectivity index (χ1) is 7.64. The van der Waals surface area contributed by atoms with Gasteiger partial charge in [-0.25, -0.2) is 22.3 Å². The van der Waals surface area contributed by atoms with Crippen molar-refractivity contribution >= 4 is 15.7 Å². The van der Waals surface area contributed by atoms with Crippen LogP contribution in [0.2, 0.25) is 0 Å². The van der Waals surface area contributed by atoms with Gasteiger partial charge in [0.15, 0.2) is 5.03 Å². The van der Waals surface area contributed by atoms with E-state index < -0.39 is 43.2 Å². The van der Waals surface area contributed by atoms with E-state index in [0.29, 0.717) is 0 Å². The summed E-state index contributed by atoms with van der Waals surface area (Å²) in [4.78, 5) is 21.6. The van der Waals surface area contributed by atoms with Crippen LogP contribution in [-0.4, -0.2) is 18.3 Å². The lowest BCUT2D eigenvalue weighted by Gasteiger charge is -2.05. The lowest BCUT2D eigenvalue weighted by Crippen LogP contribution is -2.23. The molecule has 3 N–H and O–H groups in total. The fourth-order valence-corrected chi connectivity index (χ4v) is 1.76. The quantitative estimate of drug-likeness (QED) is 0.581. The molecule has 0 amide bonds. The molecule has 8 nitrogen and oxygen atoms in total. The molecule has 94 valence electrons. The van der Waals surface area contributed by atoms with Gasteiger partial charge in [0, 0.05) is 6.07 Å². The molecule has 0 saturated heterocycles. The van der Waals surface area contributed by atoms with Gasteiger partial charge >= 0.3 is 11.2 Å². The molecule has 0 aliphatic rings. The molecule has 0 fully saturated rings. The molecule has 1 aromatic heterocycles. The monoisotopic (exact) mass is 269 g/mol. The molecule has 17 heavy (non-hydrogen) atoms. The lowest BCUT2D eigenvalue weighted by molar-refractivity contribution is -0.386. The highest BCUT2D eigenvalue weighted by Gasteiger charge is 2.27. The molecule has 0 unspecified atom stereocenters. The zero-order valence-corrected chi connectivity index (χ0v) is 8.70.